The molecule has 0 aromatic carbocycles. The standard InChI is InChI=1S/C14H22N4O3/c1-10-5-3-2-4-6-18(10)14(21)17-12(13(19)20)7-11-8-15-9-16-11/h8-10,12H,2-7H2,1H3,(H,15,16)(H,17,21)(H,19,20)/t10?,12-/m1/s1. The van der Waals surface area contributed by atoms with Gasteiger partial charge in [0.25, 0.3) is 0 Å². The minimum absolute atomic E-state index is 0.147. The van der Waals surface area contributed by atoms with Crippen LogP contribution in [-0.2, 0) is 11.2 Å². The Balaban J connectivity index is 1.98. The van der Waals surface area contributed by atoms with Crippen molar-refractivity contribution in [2.75, 3.05) is 6.54 Å². The quantitative estimate of drug-likeness (QED) is 0.781. The van der Waals surface area contributed by atoms with Crippen molar-refractivity contribution in [1.29, 1.82) is 0 Å². The highest BCUT2D eigenvalue weighted by atomic mass is 16.4. The van der Waals surface area contributed by atoms with Crippen molar-refractivity contribution >= 4 is 12.0 Å². The van der Waals surface area contributed by atoms with Crippen LogP contribution < -0.4 is 5.32 Å². The van der Waals surface area contributed by atoms with Crippen molar-refractivity contribution in [3.63, 3.8) is 0 Å². The van der Waals surface area contributed by atoms with E-state index < -0.39 is 12.0 Å². The van der Waals surface area contributed by atoms with E-state index in [2.05, 4.69) is 15.3 Å². The van der Waals surface area contributed by atoms with Gasteiger partial charge in [-0.05, 0) is 19.8 Å². The lowest BCUT2D eigenvalue weighted by Gasteiger charge is -2.28. The van der Waals surface area contributed by atoms with E-state index in [0.29, 0.717) is 12.2 Å². The average molecular weight is 294 g/mol. The molecule has 2 rings (SSSR count). The third kappa shape index (κ3) is 4.21. The summed E-state index contributed by atoms with van der Waals surface area (Å²) < 4.78 is 0. The molecule has 1 unspecified atom stereocenters. The Hall–Kier alpha value is -2.05. The second kappa shape index (κ2) is 7.10. The molecule has 2 heterocycles. The van der Waals surface area contributed by atoms with Gasteiger partial charge in [-0.25, -0.2) is 14.6 Å². The summed E-state index contributed by atoms with van der Waals surface area (Å²) in [6.07, 6.45) is 7.42. The van der Waals surface area contributed by atoms with Gasteiger partial charge in [0.05, 0.1) is 6.33 Å². The van der Waals surface area contributed by atoms with Crippen LogP contribution in [0.1, 0.15) is 38.3 Å². The maximum Gasteiger partial charge on any atom is 0.326 e. The van der Waals surface area contributed by atoms with Crippen LogP contribution in [0.4, 0.5) is 4.79 Å². The van der Waals surface area contributed by atoms with Gasteiger partial charge in [0.1, 0.15) is 6.04 Å². The number of carbonyl (C=O) groups excluding carboxylic acids is 1. The molecule has 1 fully saturated rings. The predicted octanol–water partition coefficient (Wildman–Crippen LogP) is 1.38. The zero-order valence-electron chi connectivity index (χ0n) is 12.2. The van der Waals surface area contributed by atoms with Crippen molar-refractivity contribution in [1.82, 2.24) is 20.2 Å². The summed E-state index contributed by atoms with van der Waals surface area (Å²) in [6.45, 7) is 2.69. The normalized spacial score (nSPS) is 20.6. The Morgan fingerprint density at radius 2 is 2.33 bits per heavy atom. The van der Waals surface area contributed by atoms with E-state index in [-0.39, 0.29) is 18.5 Å². The van der Waals surface area contributed by atoms with Crippen LogP contribution in [0.5, 0.6) is 0 Å². The number of hydrogen-bond acceptors (Lipinski definition) is 3. The van der Waals surface area contributed by atoms with Crippen molar-refractivity contribution < 1.29 is 14.7 Å². The molecule has 3 N–H and O–H groups in total. The number of amides is 2. The maximum absolute atomic E-state index is 12.3. The number of imidazole rings is 1. The molecule has 0 saturated carbocycles. The highest BCUT2D eigenvalue weighted by Gasteiger charge is 2.27. The lowest BCUT2D eigenvalue weighted by atomic mass is 10.1. The number of nitrogens with zero attached hydrogens (tertiary/aromatic N) is 2. The molecule has 0 radical (unpaired) electrons. The van der Waals surface area contributed by atoms with Gasteiger partial charge in [-0.3, -0.25) is 0 Å². The number of carboxylic acid groups (broad SMARTS) is 1. The predicted molar refractivity (Wildman–Crippen MR) is 76.9 cm³/mol. The number of likely N-dealkylation sites (tertiary alicyclic amines) is 1. The molecule has 2 atom stereocenters. The molecule has 0 bridgehead atoms. The van der Waals surface area contributed by atoms with Crippen LogP contribution in [0.2, 0.25) is 0 Å². The SMILES string of the molecule is CC1CCCCCN1C(=O)N[C@H](Cc1cnc[nH]1)C(=O)O. The minimum Gasteiger partial charge on any atom is -0.480 e. The summed E-state index contributed by atoms with van der Waals surface area (Å²) in [5.41, 5.74) is 0.687. The lowest BCUT2D eigenvalue weighted by molar-refractivity contribution is -0.139. The number of rotatable bonds is 4. The van der Waals surface area contributed by atoms with Crippen LogP contribution >= 0.6 is 0 Å². The Morgan fingerprint density at radius 3 is 3.00 bits per heavy atom. The maximum atomic E-state index is 12.3. The molecule has 7 heteroatoms. The Kier molecular flexibility index (Phi) is 5.19. The summed E-state index contributed by atoms with van der Waals surface area (Å²) in [4.78, 5) is 32.1. The van der Waals surface area contributed by atoms with E-state index in [1.165, 1.54) is 6.33 Å². The van der Waals surface area contributed by atoms with Crippen LogP contribution in [0.25, 0.3) is 0 Å². The fourth-order valence-corrected chi connectivity index (χ4v) is 2.62. The van der Waals surface area contributed by atoms with Crippen LogP contribution in [0.3, 0.4) is 0 Å². The first-order valence-electron chi connectivity index (χ1n) is 7.35. The fraction of sp³-hybridized carbons (Fsp3) is 0.643. The van der Waals surface area contributed by atoms with Gasteiger partial charge in [0, 0.05) is 30.9 Å². The number of urea groups is 1. The smallest absolute Gasteiger partial charge is 0.326 e. The summed E-state index contributed by atoms with van der Waals surface area (Å²) in [6, 6.07) is -1.10. The lowest BCUT2D eigenvalue weighted by Crippen LogP contribution is -2.51. The molecule has 1 aliphatic rings. The molecule has 0 spiro atoms. The van der Waals surface area contributed by atoms with Crippen LogP contribution in [0.15, 0.2) is 12.5 Å². The van der Waals surface area contributed by atoms with Crippen molar-refractivity contribution in [3.05, 3.63) is 18.2 Å². The van der Waals surface area contributed by atoms with Crippen LogP contribution in [-0.4, -0.2) is 50.6 Å². The van der Waals surface area contributed by atoms with E-state index in [1.807, 2.05) is 6.92 Å². The number of carboxylic acids is 1. The average Bonchev–Trinajstić information content (AvgIpc) is 2.85. The number of aromatic nitrogens is 2. The van der Waals surface area contributed by atoms with Crippen molar-refractivity contribution in [2.45, 2.75) is 51.1 Å². The third-order valence-corrected chi connectivity index (χ3v) is 3.89. The Labute approximate surface area is 123 Å². The molecular weight excluding hydrogens is 272 g/mol. The van der Waals surface area contributed by atoms with Gasteiger partial charge in [0.15, 0.2) is 0 Å². The summed E-state index contributed by atoms with van der Waals surface area (Å²) in [5, 5.41) is 11.9. The molecule has 1 aromatic rings. The van der Waals surface area contributed by atoms with E-state index in [1.54, 1.807) is 11.1 Å². The summed E-state index contributed by atoms with van der Waals surface area (Å²) in [5.74, 6) is -1.04. The Morgan fingerprint density at radius 1 is 1.52 bits per heavy atom. The summed E-state index contributed by atoms with van der Waals surface area (Å²) >= 11 is 0. The first-order valence-corrected chi connectivity index (χ1v) is 7.35. The topological polar surface area (TPSA) is 98.3 Å². The minimum atomic E-state index is -1.04. The fourth-order valence-electron chi connectivity index (χ4n) is 2.62. The largest absolute Gasteiger partial charge is 0.480 e. The van der Waals surface area contributed by atoms with E-state index in [4.69, 9.17) is 0 Å². The van der Waals surface area contributed by atoms with Gasteiger partial charge in [-0.2, -0.15) is 0 Å². The molecule has 7 nitrogen and oxygen atoms in total. The molecule has 2 amide bonds. The van der Waals surface area contributed by atoms with Gasteiger partial charge in [-0.15, -0.1) is 0 Å². The molecule has 116 valence electrons. The molecule has 1 aromatic heterocycles. The highest BCUT2D eigenvalue weighted by Crippen LogP contribution is 2.16. The highest BCUT2D eigenvalue weighted by molar-refractivity contribution is 5.83. The third-order valence-electron chi connectivity index (χ3n) is 3.89. The molecule has 1 aliphatic heterocycles. The first-order chi connectivity index (χ1) is 10.1. The van der Waals surface area contributed by atoms with Gasteiger partial charge < -0.3 is 20.3 Å². The Bertz CT molecular complexity index is 475. The monoisotopic (exact) mass is 294 g/mol. The van der Waals surface area contributed by atoms with Crippen molar-refractivity contribution in [2.24, 2.45) is 0 Å². The van der Waals surface area contributed by atoms with Gasteiger partial charge in [0.2, 0.25) is 0 Å². The zero-order chi connectivity index (χ0) is 15.2. The summed E-state index contributed by atoms with van der Waals surface area (Å²) in [7, 11) is 0. The van der Waals surface area contributed by atoms with Gasteiger partial charge in [-0.1, -0.05) is 12.8 Å². The second-order valence-corrected chi connectivity index (χ2v) is 5.51. The van der Waals surface area contributed by atoms with Crippen LogP contribution in [0, 0.1) is 0 Å². The van der Waals surface area contributed by atoms with Gasteiger partial charge >= 0.3 is 12.0 Å². The second-order valence-electron chi connectivity index (χ2n) is 5.51. The molecule has 21 heavy (non-hydrogen) atoms. The first kappa shape index (κ1) is 15.3. The van der Waals surface area contributed by atoms with E-state index >= 15 is 0 Å². The molecule has 0 aliphatic carbocycles. The number of H-pyrrole nitrogens is 1. The number of carbonyl (C=O) groups is 2. The number of aliphatic carboxylic acids is 1. The molecule has 1 saturated heterocycles. The zero-order valence-corrected chi connectivity index (χ0v) is 12.2. The van der Waals surface area contributed by atoms with E-state index in [9.17, 15) is 14.7 Å². The number of hydrogen-bond donors (Lipinski definition) is 3. The number of aromatic amines is 1. The molecular formula is C14H22N4O3. The number of nitrogens with one attached hydrogen (secondary N) is 2. The van der Waals surface area contributed by atoms with Crippen molar-refractivity contribution in [3.8, 4) is 0 Å². The van der Waals surface area contributed by atoms with E-state index in [0.717, 1.165) is 25.7 Å².